The van der Waals surface area contributed by atoms with Crippen LogP contribution in [0, 0.1) is 0 Å². The fraction of sp³-hybridized carbons (Fsp3) is 0.444. The van der Waals surface area contributed by atoms with E-state index in [4.69, 9.17) is 9.97 Å². The third kappa shape index (κ3) is 3.02. The van der Waals surface area contributed by atoms with Crippen LogP contribution in [0.3, 0.4) is 0 Å². The lowest BCUT2D eigenvalue weighted by Gasteiger charge is -2.30. The van der Waals surface area contributed by atoms with Gasteiger partial charge in [0.2, 0.25) is 10.0 Å². The van der Waals surface area contributed by atoms with Gasteiger partial charge < -0.3 is 4.90 Å². The van der Waals surface area contributed by atoms with E-state index < -0.39 is 10.0 Å². The fourth-order valence-corrected chi connectivity index (χ4v) is 5.07. The average molecular weight is 358 g/mol. The zero-order chi connectivity index (χ0) is 17.6. The highest BCUT2D eigenvalue weighted by molar-refractivity contribution is 7.90. The number of rotatable bonds is 4. The first kappa shape index (κ1) is 16.5. The standard InChI is InChI=1S/C18H22N4O2S/c1-21(2)18-15-10-11-22(25(23,24)14-8-9-14)12-16(15)19-17(20-18)13-6-4-3-5-7-13/h3-7,14H,8-12H2,1-2H3. The Morgan fingerprint density at radius 2 is 1.84 bits per heavy atom. The largest absolute Gasteiger partial charge is 0.362 e. The first-order valence-electron chi connectivity index (χ1n) is 8.58. The molecular formula is C18H22N4O2S. The van der Waals surface area contributed by atoms with Crippen LogP contribution in [0.1, 0.15) is 24.1 Å². The Morgan fingerprint density at radius 1 is 1.12 bits per heavy atom. The third-order valence-corrected chi connectivity index (χ3v) is 7.11. The van der Waals surface area contributed by atoms with Crippen LogP contribution in [-0.2, 0) is 23.0 Å². The molecule has 1 fully saturated rings. The van der Waals surface area contributed by atoms with Crippen molar-refractivity contribution in [3.05, 3.63) is 41.6 Å². The second-order valence-corrected chi connectivity index (χ2v) is 9.10. The van der Waals surface area contributed by atoms with Gasteiger partial charge in [-0.15, -0.1) is 0 Å². The molecular weight excluding hydrogens is 336 g/mol. The lowest BCUT2D eigenvalue weighted by atomic mass is 10.1. The molecule has 1 aromatic heterocycles. The van der Waals surface area contributed by atoms with Crippen LogP contribution >= 0.6 is 0 Å². The van der Waals surface area contributed by atoms with Gasteiger partial charge in [0.15, 0.2) is 5.82 Å². The zero-order valence-corrected chi connectivity index (χ0v) is 15.3. The van der Waals surface area contributed by atoms with E-state index in [0.717, 1.165) is 35.5 Å². The molecule has 0 saturated heterocycles. The van der Waals surface area contributed by atoms with E-state index in [9.17, 15) is 8.42 Å². The number of hydrogen-bond donors (Lipinski definition) is 0. The van der Waals surface area contributed by atoms with Crippen molar-refractivity contribution >= 4 is 15.8 Å². The Balaban J connectivity index is 1.76. The van der Waals surface area contributed by atoms with E-state index >= 15 is 0 Å². The quantitative estimate of drug-likeness (QED) is 0.837. The highest BCUT2D eigenvalue weighted by Gasteiger charge is 2.41. The first-order chi connectivity index (χ1) is 12.0. The molecule has 25 heavy (non-hydrogen) atoms. The lowest BCUT2D eigenvalue weighted by molar-refractivity contribution is 0.384. The van der Waals surface area contributed by atoms with Crippen molar-refractivity contribution in [2.24, 2.45) is 0 Å². The maximum absolute atomic E-state index is 12.6. The van der Waals surface area contributed by atoms with E-state index in [0.29, 0.717) is 25.3 Å². The topological polar surface area (TPSA) is 66.4 Å². The van der Waals surface area contributed by atoms with Crippen LogP contribution in [0.5, 0.6) is 0 Å². The molecule has 1 saturated carbocycles. The maximum atomic E-state index is 12.6. The fourth-order valence-electron chi connectivity index (χ4n) is 3.27. The zero-order valence-electron chi connectivity index (χ0n) is 14.5. The first-order valence-corrected chi connectivity index (χ1v) is 10.1. The second kappa shape index (κ2) is 6.07. The molecule has 2 aromatic rings. The normalized spacial score (nSPS) is 18.0. The lowest BCUT2D eigenvalue weighted by Crippen LogP contribution is -2.39. The van der Waals surface area contributed by atoms with Crippen molar-refractivity contribution in [1.82, 2.24) is 14.3 Å². The van der Waals surface area contributed by atoms with Crippen molar-refractivity contribution in [2.75, 3.05) is 25.5 Å². The van der Waals surface area contributed by atoms with Gasteiger partial charge >= 0.3 is 0 Å². The summed E-state index contributed by atoms with van der Waals surface area (Å²) in [7, 11) is 0.743. The van der Waals surface area contributed by atoms with Crippen molar-refractivity contribution in [3.8, 4) is 11.4 Å². The molecule has 6 nitrogen and oxygen atoms in total. The number of aromatic nitrogens is 2. The van der Waals surface area contributed by atoms with E-state index in [-0.39, 0.29) is 5.25 Å². The molecule has 2 heterocycles. The van der Waals surface area contributed by atoms with Crippen LogP contribution in [-0.4, -0.2) is 48.6 Å². The van der Waals surface area contributed by atoms with Crippen molar-refractivity contribution in [3.63, 3.8) is 0 Å². The van der Waals surface area contributed by atoms with Gasteiger partial charge in [-0.3, -0.25) is 0 Å². The van der Waals surface area contributed by atoms with Gasteiger partial charge in [0.1, 0.15) is 5.82 Å². The molecule has 0 amide bonds. The third-order valence-electron chi connectivity index (χ3n) is 4.77. The molecule has 0 spiro atoms. The number of anilines is 1. The average Bonchev–Trinajstić information content (AvgIpc) is 3.46. The minimum absolute atomic E-state index is 0.183. The van der Waals surface area contributed by atoms with Crippen LogP contribution in [0.25, 0.3) is 11.4 Å². The predicted molar refractivity (Wildman–Crippen MR) is 97.9 cm³/mol. The highest BCUT2D eigenvalue weighted by Crippen LogP contribution is 2.35. The van der Waals surface area contributed by atoms with Gasteiger partial charge in [-0.2, -0.15) is 4.31 Å². The summed E-state index contributed by atoms with van der Waals surface area (Å²) >= 11 is 0. The van der Waals surface area contributed by atoms with E-state index in [1.807, 2.05) is 49.3 Å². The Morgan fingerprint density at radius 3 is 2.48 bits per heavy atom. The summed E-state index contributed by atoms with van der Waals surface area (Å²) in [4.78, 5) is 11.4. The van der Waals surface area contributed by atoms with Crippen molar-refractivity contribution in [2.45, 2.75) is 31.1 Å². The van der Waals surface area contributed by atoms with Gasteiger partial charge in [0.25, 0.3) is 0 Å². The minimum Gasteiger partial charge on any atom is -0.362 e. The number of sulfonamides is 1. The molecule has 0 N–H and O–H groups in total. The Hall–Kier alpha value is -1.99. The summed E-state index contributed by atoms with van der Waals surface area (Å²) < 4.78 is 26.8. The molecule has 0 radical (unpaired) electrons. The van der Waals surface area contributed by atoms with Crippen LogP contribution in [0.15, 0.2) is 30.3 Å². The molecule has 4 rings (SSSR count). The van der Waals surface area contributed by atoms with Crippen LogP contribution < -0.4 is 4.90 Å². The molecule has 1 aliphatic heterocycles. The number of benzene rings is 1. The summed E-state index contributed by atoms with van der Waals surface area (Å²) in [5, 5.41) is -0.183. The molecule has 1 aliphatic carbocycles. The van der Waals surface area contributed by atoms with Crippen molar-refractivity contribution < 1.29 is 8.42 Å². The van der Waals surface area contributed by atoms with Crippen molar-refractivity contribution in [1.29, 1.82) is 0 Å². The number of nitrogens with zero attached hydrogens (tertiary/aromatic N) is 4. The Bertz CT molecular complexity index is 893. The minimum atomic E-state index is -3.18. The maximum Gasteiger partial charge on any atom is 0.217 e. The van der Waals surface area contributed by atoms with Gasteiger partial charge in [-0.25, -0.2) is 18.4 Å². The van der Waals surface area contributed by atoms with Gasteiger partial charge in [0.05, 0.1) is 17.5 Å². The Kier molecular flexibility index (Phi) is 4.00. The summed E-state index contributed by atoms with van der Waals surface area (Å²) in [5.41, 5.74) is 2.83. The summed E-state index contributed by atoms with van der Waals surface area (Å²) in [5.74, 6) is 1.53. The van der Waals surface area contributed by atoms with E-state index in [2.05, 4.69) is 0 Å². The summed E-state index contributed by atoms with van der Waals surface area (Å²) in [6, 6.07) is 9.82. The molecule has 7 heteroatoms. The molecule has 132 valence electrons. The highest BCUT2D eigenvalue weighted by atomic mass is 32.2. The van der Waals surface area contributed by atoms with E-state index in [1.54, 1.807) is 4.31 Å². The SMILES string of the molecule is CN(C)c1nc(-c2ccccc2)nc2c1CCN(S(=O)(=O)C1CC1)C2. The molecule has 1 aromatic carbocycles. The van der Waals surface area contributed by atoms with E-state index in [1.165, 1.54) is 0 Å². The summed E-state index contributed by atoms with van der Waals surface area (Å²) in [6.07, 6.45) is 2.23. The second-order valence-electron chi connectivity index (χ2n) is 6.88. The smallest absolute Gasteiger partial charge is 0.217 e. The Labute approximate surface area is 148 Å². The van der Waals surface area contributed by atoms with Crippen LogP contribution in [0.2, 0.25) is 0 Å². The molecule has 2 aliphatic rings. The van der Waals surface area contributed by atoms with Crippen LogP contribution in [0.4, 0.5) is 5.82 Å². The van der Waals surface area contributed by atoms with Gasteiger partial charge in [-0.05, 0) is 19.3 Å². The summed E-state index contributed by atoms with van der Waals surface area (Å²) in [6.45, 7) is 0.859. The molecule has 0 unspecified atom stereocenters. The monoisotopic (exact) mass is 358 g/mol. The molecule has 0 atom stereocenters. The number of hydrogen-bond acceptors (Lipinski definition) is 5. The van der Waals surface area contributed by atoms with Gasteiger partial charge in [0, 0.05) is 31.8 Å². The predicted octanol–water partition coefficient (Wildman–Crippen LogP) is 2.06. The number of fused-ring (bicyclic) bond motifs is 1. The molecule has 0 bridgehead atoms. The van der Waals surface area contributed by atoms with Gasteiger partial charge in [-0.1, -0.05) is 30.3 Å².